The van der Waals surface area contributed by atoms with Gasteiger partial charge in [-0.25, -0.2) is 0 Å². The van der Waals surface area contributed by atoms with E-state index in [2.05, 4.69) is 15.1 Å². The topological polar surface area (TPSA) is 52.7 Å². The van der Waals surface area contributed by atoms with Gasteiger partial charge in [0, 0.05) is 38.8 Å². The highest BCUT2D eigenvalue weighted by Gasteiger charge is 2.25. The molecule has 0 amide bonds. The van der Waals surface area contributed by atoms with E-state index in [-0.39, 0.29) is 10.9 Å². The second-order valence-corrected chi connectivity index (χ2v) is 8.22. The van der Waals surface area contributed by atoms with Gasteiger partial charge in [-0.15, -0.1) is 0 Å². The monoisotopic (exact) mass is 381 g/mol. The quantitative estimate of drug-likeness (QED) is 0.590. The van der Waals surface area contributed by atoms with Crippen LogP contribution >= 0.6 is 0 Å². The van der Waals surface area contributed by atoms with Gasteiger partial charge < -0.3 is 10.2 Å². The van der Waals surface area contributed by atoms with Gasteiger partial charge in [0.05, 0.1) is 11.3 Å². The molecule has 2 fully saturated rings. The third-order valence-corrected chi connectivity index (χ3v) is 6.42. The maximum absolute atomic E-state index is 12.0. The number of nitrogens with zero attached hydrogens (tertiary/aromatic N) is 2. The first-order chi connectivity index (χ1) is 13.7. The molecule has 28 heavy (non-hydrogen) atoms. The van der Waals surface area contributed by atoms with Gasteiger partial charge >= 0.3 is 0 Å². The molecule has 5 nitrogen and oxygen atoms in total. The minimum atomic E-state index is -0.375. The fourth-order valence-corrected chi connectivity index (χ4v) is 4.75. The van der Waals surface area contributed by atoms with Gasteiger partial charge in [0.15, 0.2) is 0 Å². The molecule has 5 heteroatoms. The highest BCUT2D eigenvalue weighted by molar-refractivity contribution is 5.81. The Morgan fingerprint density at radius 2 is 1.61 bits per heavy atom. The highest BCUT2D eigenvalue weighted by Crippen LogP contribution is 2.24. The molecule has 1 saturated carbocycles. The number of piperazine rings is 1. The summed E-state index contributed by atoms with van der Waals surface area (Å²) in [4.78, 5) is 29.1. The Hall–Kier alpha value is -1.98. The largest absolute Gasteiger partial charge is 0.381 e. The summed E-state index contributed by atoms with van der Waals surface area (Å²) in [6, 6.07) is 10.3. The van der Waals surface area contributed by atoms with Crippen LogP contribution in [0, 0.1) is 0 Å². The van der Waals surface area contributed by atoms with Crippen molar-refractivity contribution in [2.24, 2.45) is 0 Å². The summed E-state index contributed by atoms with van der Waals surface area (Å²) in [6.45, 7) is 6.44. The van der Waals surface area contributed by atoms with E-state index in [9.17, 15) is 9.59 Å². The zero-order chi connectivity index (χ0) is 19.3. The summed E-state index contributed by atoms with van der Waals surface area (Å²) in [5.74, 6) is 0. The lowest BCUT2D eigenvalue weighted by Crippen LogP contribution is -2.51. The molecular formula is C23H31N3O2. The van der Waals surface area contributed by atoms with Crippen LogP contribution in [0.3, 0.4) is 0 Å². The first kappa shape index (κ1) is 19.3. The molecular weight excluding hydrogens is 350 g/mol. The fourth-order valence-electron chi connectivity index (χ4n) is 4.75. The van der Waals surface area contributed by atoms with Gasteiger partial charge in [-0.2, -0.15) is 0 Å². The van der Waals surface area contributed by atoms with Gasteiger partial charge in [-0.05, 0) is 31.4 Å². The van der Waals surface area contributed by atoms with Crippen molar-refractivity contribution in [1.82, 2.24) is 9.80 Å². The number of benzene rings is 1. The molecule has 0 bridgehead atoms. The Bertz CT molecular complexity index is 827. The lowest BCUT2D eigenvalue weighted by Gasteiger charge is -2.40. The van der Waals surface area contributed by atoms with Crippen molar-refractivity contribution >= 4 is 5.69 Å². The Morgan fingerprint density at radius 3 is 2.32 bits per heavy atom. The molecule has 1 aliphatic heterocycles. The van der Waals surface area contributed by atoms with Gasteiger partial charge in [0.2, 0.25) is 10.9 Å². The van der Waals surface area contributed by atoms with Gasteiger partial charge in [-0.3, -0.25) is 14.5 Å². The molecule has 150 valence electrons. The molecule has 2 aliphatic rings. The maximum atomic E-state index is 12.0. The van der Waals surface area contributed by atoms with Crippen LogP contribution in [-0.4, -0.2) is 55.1 Å². The van der Waals surface area contributed by atoms with Crippen LogP contribution in [-0.2, 0) is 0 Å². The fraction of sp³-hybridized carbons (Fsp3) is 0.565. The SMILES string of the molecule is O=c1c(NCCCN2CCN(C3CCCCC3)CC2)c(-c2ccccc2)c1=O. The number of rotatable bonds is 7. The summed E-state index contributed by atoms with van der Waals surface area (Å²) in [7, 11) is 0. The zero-order valence-corrected chi connectivity index (χ0v) is 16.7. The second-order valence-electron chi connectivity index (χ2n) is 8.22. The van der Waals surface area contributed by atoms with Crippen LogP contribution in [0.25, 0.3) is 11.1 Å². The molecule has 1 N–H and O–H groups in total. The summed E-state index contributed by atoms with van der Waals surface area (Å²) < 4.78 is 0. The molecule has 4 rings (SSSR count). The summed E-state index contributed by atoms with van der Waals surface area (Å²) in [5.41, 5.74) is 1.13. The van der Waals surface area contributed by atoms with Crippen LogP contribution < -0.4 is 16.2 Å². The summed E-state index contributed by atoms with van der Waals surface area (Å²) in [5, 5.41) is 3.22. The van der Waals surface area contributed by atoms with Crippen molar-refractivity contribution in [3.63, 3.8) is 0 Å². The molecule has 0 unspecified atom stereocenters. The van der Waals surface area contributed by atoms with Crippen molar-refractivity contribution in [1.29, 1.82) is 0 Å². The Balaban J connectivity index is 1.21. The minimum absolute atomic E-state index is 0.368. The third kappa shape index (κ3) is 4.20. The molecule has 1 saturated heterocycles. The van der Waals surface area contributed by atoms with E-state index in [0.29, 0.717) is 11.3 Å². The first-order valence-electron chi connectivity index (χ1n) is 10.8. The number of anilines is 1. The van der Waals surface area contributed by atoms with E-state index < -0.39 is 0 Å². The number of hydrogen-bond donors (Lipinski definition) is 1. The van der Waals surface area contributed by atoms with Gasteiger partial charge in [-0.1, -0.05) is 49.6 Å². The van der Waals surface area contributed by atoms with Gasteiger partial charge in [0.1, 0.15) is 0 Å². The molecule has 0 radical (unpaired) electrons. The van der Waals surface area contributed by atoms with Gasteiger partial charge in [0.25, 0.3) is 0 Å². The molecule has 1 aliphatic carbocycles. The molecule has 1 heterocycles. The van der Waals surface area contributed by atoms with Crippen molar-refractivity contribution in [2.45, 2.75) is 44.6 Å². The number of hydrogen-bond acceptors (Lipinski definition) is 5. The van der Waals surface area contributed by atoms with Crippen molar-refractivity contribution in [2.75, 3.05) is 44.6 Å². The first-order valence-corrected chi connectivity index (χ1v) is 10.8. The third-order valence-electron chi connectivity index (χ3n) is 6.42. The van der Waals surface area contributed by atoms with Crippen LogP contribution in [0.15, 0.2) is 39.9 Å². The molecule has 2 aromatic carbocycles. The van der Waals surface area contributed by atoms with Crippen molar-refractivity contribution in [3.8, 4) is 11.1 Å². The van der Waals surface area contributed by atoms with E-state index in [1.54, 1.807) is 0 Å². The standard InChI is InChI=1S/C23H31N3O2/c27-22-20(18-8-3-1-4-9-18)21(23(22)28)24-12-7-13-25-14-16-26(17-15-25)19-10-5-2-6-11-19/h1,3-4,8-9,19,24H,2,5-7,10-17H2. The maximum Gasteiger partial charge on any atom is 0.250 e. The van der Waals surface area contributed by atoms with E-state index in [0.717, 1.165) is 44.2 Å². The molecule has 0 spiro atoms. The van der Waals surface area contributed by atoms with E-state index in [4.69, 9.17) is 0 Å². The molecule has 2 aromatic rings. The van der Waals surface area contributed by atoms with Crippen molar-refractivity contribution < 1.29 is 0 Å². The lowest BCUT2D eigenvalue weighted by molar-refractivity contribution is 0.0789. The van der Waals surface area contributed by atoms with Crippen LogP contribution in [0.2, 0.25) is 0 Å². The minimum Gasteiger partial charge on any atom is -0.381 e. The average molecular weight is 382 g/mol. The molecule has 0 atom stereocenters. The zero-order valence-electron chi connectivity index (χ0n) is 16.7. The predicted molar refractivity (Wildman–Crippen MR) is 115 cm³/mol. The Morgan fingerprint density at radius 1 is 0.893 bits per heavy atom. The Labute approximate surface area is 167 Å². The van der Waals surface area contributed by atoms with E-state index in [1.807, 2.05) is 30.3 Å². The smallest absolute Gasteiger partial charge is 0.250 e. The predicted octanol–water partition coefficient (Wildman–Crippen LogP) is 2.70. The van der Waals surface area contributed by atoms with Crippen molar-refractivity contribution in [3.05, 3.63) is 50.8 Å². The molecule has 0 aromatic heterocycles. The number of nitrogens with one attached hydrogen (secondary N) is 1. The van der Waals surface area contributed by atoms with E-state index >= 15 is 0 Å². The summed E-state index contributed by atoms with van der Waals surface area (Å²) in [6.07, 6.45) is 7.97. The van der Waals surface area contributed by atoms with Crippen LogP contribution in [0.4, 0.5) is 5.69 Å². The Kier molecular flexibility index (Phi) is 6.23. The average Bonchev–Trinajstić information content (AvgIpc) is 2.77. The second kappa shape index (κ2) is 9.01. The lowest BCUT2D eigenvalue weighted by atomic mass is 9.94. The van der Waals surface area contributed by atoms with E-state index in [1.165, 1.54) is 45.2 Å². The summed E-state index contributed by atoms with van der Waals surface area (Å²) >= 11 is 0. The van der Waals surface area contributed by atoms with Crippen LogP contribution in [0.5, 0.6) is 0 Å². The highest BCUT2D eigenvalue weighted by atomic mass is 16.2. The van der Waals surface area contributed by atoms with Crippen LogP contribution in [0.1, 0.15) is 38.5 Å². The normalized spacial score (nSPS) is 19.9.